The first-order valence-corrected chi connectivity index (χ1v) is 5.34. The van der Waals surface area contributed by atoms with Crippen LogP contribution in [-0.4, -0.2) is 12.1 Å². The number of aromatic amines is 1. The number of nitrogens with one attached hydrogen (secondary N) is 1. The van der Waals surface area contributed by atoms with Crippen LogP contribution < -0.4 is 4.74 Å². The predicted octanol–water partition coefficient (Wildman–Crippen LogP) is 3.64. The van der Waals surface area contributed by atoms with Gasteiger partial charge in [0.05, 0.1) is 7.11 Å². The summed E-state index contributed by atoms with van der Waals surface area (Å²) in [5.41, 5.74) is 2.31. The molecule has 0 spiro atoms. The summed E-state index contributed by atoms with van der Waals surface area (Å²) in [7, 11) is 1.71. The molecule has 0 atom stereocenters. The van der Waals surface area contributed by atoms with Gasteiger partial charge in [0.25, 0.3) is 0 Å². The lowest BCUT2D eigenvalue weighted by atomic mass is 10.1. The molecule has 0 aliphatic heterocycles. The summed E-state index contributed by atoms with van der Waals surface area (Å²) in [6.45, 7) is 2.07. The molecule has 0 aliphatic rings. The molecule has 2 nitrogen and oxygen atoms in total. The molecule has 0 bridgehead atoms. The van der Waals surface area contributed by atoms with Gasteiger partial charge in [-0.25, -0.2) is 0 Å². The van der Waals surface area contributed by atoms with E-state index in [0.29, 0.717) is 0 Å². The van der Waals surface area contributed by atoms with Crippen LogP contribution in [0.1, 0.15) is 5.69 Å². The van der Waals surface area contributed by atoms with Gasteiger partial charge in [0, 0.05) is 28.0 Å². The van der Waals surface area contributed by atoms with E-state index >= 15 is 0 Å². The highest BCUT2D eigenvalue weighted by molar-refractivity contribution is 6.09. The van der Waals surface area contributed by atoms with Crippen LogP contribution in [-0.2, 0) is 0 Å². The summed E-state index contributed by atoms with van der Waals surface area (Å²) >= 11 is 0. The Labute approximate surface area is 93.8 Å². The quantitative estimate of drug-likeness (QED) is 0.653. The zero-order valence-electron chi connectivity index (χ0n) is 9.37. The number of benzene rings is 2. The standard InChI is InChI=1S/C14H13NO/c1-9-7-12-10-5-3-4-6-11(10)14(16-2)8-13(12)15-9/h3-8,15H,1-2H3. The Bertz CT molecular complexity index is 667. The third-order valence-corrected chi connectivity index (χ3v) is 2.96. The Morgan fingerprint density at radius 3 is 2.50 bits per heavy atom. The summed E-state index contributed by atoms with van der Waals surface area (Å²) in [4.78, 5) is 3.35. The van der Waals surface area contributed by atoms with Crippen molar-refractivity contribution in [2.75, 3.05) is 7.11 Å². The van der Waals surface area contributed by atoms with Crippen molar-refractivity contribution in [1.82, 2.24) is 4.98 Å². The minimum atomic E-state index is 0.921. The van der Waals surface area contributed by atoms with Crippen molar-refractivity contribution in [2.24, 2.45) is 0 Å². The highest BCUT2D eigenvalue weighted by Crippen LogP contribution is 2.33. The van der Waals surface area contributed by atoms with Gasteiger partial charge in [-0.15, -0.1) is 0 Å². The van der Waals surface area contributed by atoms with Crippen LogP contribution in [0.3, 0.4) is 0 Å². The number of ether oxygens (including phenoxy) is 1. The van der Waals surface area contributed by atoms with Crippen LogP contribution in [0.4, 0.5) is 0 Å². The van der Waals surface area contributed by atoms with Crippen LogP contribution in [0.15, 0.2) is 36.4 Å². The smallest absolute Gasteiger partial charge is 0.128 e. The van der Waals surface area contributed by atoms with Gasteiger partial charge in [0.1, 0.15) is 5.75 Å². The van der Waals surface area contributed by atoms with Gasteiger partial charge < -0.3 is 9.72 Å². The molecule has 0 unspecified atom stereocenters. The average molecular weight is 211 g/mol. The van der Waals surface area contributed by atoms with Crippen LogP contribution in [0.25, 0.3) is 21.7 Å². The fraction of sp³-hybridized carbons (Fsp3) is 0.143. The molecule has 0 amide bonds. The van der Waals surface area contributed by atoms with E-state index in [1.165, 1.54) is 16.5 Å². The van der Waals surface area contributed by atoms with E-state index in [1.54, 1.807) is 7.11 Å². The van der Waals surface area contributed by atoms with Gasteiger partial charge in [-0.05, 0) is 18.4 Å². The first-order valence-electron chi connectivity index (χ1n) is 5.34. The Balaban J connectivity index is 2.56. The minimum Gasteiger partial charge on any atom is -0.496 e. The number of fused-ring (bicyclic) bond motifs is 3. The van der Waals surface area contributed by atoms with Crippen molar-refractivity contribution >= 4 is 21.7 Å². The van der Waals surface area contributed by atoms with Crippen molar-refractivity contribution in [1.29, 1.82) is 0 Å². The Kier molecular flexibility index (Phi) is 1.90. The second kappa shape index (κ2) is 3.27. The summed E-state index contributed by atoms with van der Waals surface area (Å²) in [6.07, 6.45) is 0. The molecule has 1 aromatic heterocycles. The molecule has 0 saturated heterocycles. The van der Waals surface area contributed by atoms with Gasteiger partial charge >= 0.3 is 0 Å². The van der Waals surface area contributed by atoms with Gasteiger partial charge in [-0.1, -0.05) is 24.3 Å². The molecule has 2 heteroatoms. The van der Waals surface area contributed by atoms with Gasteiger partial charge in [-0.3, -0.25) is 0 Å². The lowest BCUT2D eigenvalue weighted by Gasteiger charge is -2.06. The van der Waals surface area contributed by atoms with Crippen LogP contribution in [0.2, 0.25) is 0 Å². The van der Waals surface area contributed by atoms with E-state index in [9.17, 15) is 0 Å². The summed E-state index contributed by atoms with van der Waals surface area (Å²) in [6, 6.07) is 12.6. The number of methoxy groups -OCH3 is 1. The van der Waals surface area contributed by atoms with E-state index < -0.39 is 0 Å². The molecular weight excluding hydrogens is 198 g/mol. The van der Waals surface area contributed by atoms with Gasteiger partial charge in [0.2, 0.25) is 0 Å². The summed E-state index contributed by atoms with van der Waals surface area (Å²) in [5.74, 6) is 0.921. The van der Waals surface area contributed by atoms with Crippen LogP contribution >= 0.6 is 0 Å². The van der Waals surface area contributed by atoms with Gasteiger partial charge in [0.15, 0.2) is 0 Å². The highest BCUT2D eigenvalue weighted by atomic mass is 16.5. The largest absolute Gasteiger partial charge is 0.496 e. The normalized spacial score (nSPS) is 11.1. The number of H-pyrrole nitrogens is 1. The third-order valence-electron chi connectivity index (χ3n) is 2.96. The maximum Gasteiger partial charge on any atom is 0.128 e. The molecule has 0 saturated carbocycles. The van der Waals surface area contributed by atoms with E-state index in [1.807, 2.05) is 6.07 Å². The zero-order chi connectivity index (χ0) is 11.1. The maximum absolute atomic E-state index is 5.42. The first-order chi connectivity index (χ1) is 7.79. The summed E-state index contributed by atoms with van der Waals surface area (Å²) < 4.78 is 5.42. The SMILES string of the molecule is COc1cc2[nH]c(C)cc2c2ccccc12. The zero-order valence-corrected chi connectivity index (χ0v) is 9.37. The average Bonchev–Trinajstić information content (AvgIpc) is 2.68. The molecule has 3 aromatic rings. The van der Waals surface area contributed by atoms with E-state index in [-0.39, 0.29) is 0 Å². The number of rotatable bonds is 1. The third kappa shape index (κ3) is 1.20. The predicted molar refractivity (Wildman–Crippen MR) is 67.1 cm³/mol. The van der Waals surface area contributed by atoms with Crippen molar-refractivity contribution in [2.45, 2.75) is 6.92 Å². The summed E-state index contributed by atoms with van der Waals surface area (Å²) in [5, 5.41) is 3.66. The Morgan fingerprint density at radius 2 is 1.75 bits per heavy atom. The number of aryl methyl sites for hydroxylation is 1. The number of aromatic nitrogens is 1. The molecule has 0 aliphatic carbocycles. The van der Waals surface area contributed by atoms with Crippen molar-refractivity contribution < 1.29 is 4.74 Å². The second-order valence-corrected chi connectivity index (χ2v) is 4.04. The minimum absolute atomic E-state index is 0.921. The fourth-order valence-electron chi connectivity index (χ4n) is 2.26. The molecule has 1 N–H and O–H groups in total. The van der Waals surface area contributed by atoms with E-state index in [0.717, 1.165) is 16.7 Å². The van der Waals surface area contributed by atoms with Crippen LogP contribution in [0.5, 0.6) is 5.75 Å². The van der Waals surface area contributed by atoms with E-state index in [2.05, 4.69) is 42.2 Å². The Hall–Kier alpha value is -1.96. The Morgan fingerprint density at radius 1 is 1.00 bits per heavy atom. The lowest BCUT2D eigenvalue weighted by Crippen LogP contribution is -1.85. The van der Waals surface area contributed by atoms with Crippen LogP contribution in [0, 0.1) is 6.92 Å². The maximum atomic E-state index is 5.42. The number of hydrogen-bond donors (Lipinski definition) is 1. The number of hydrogen-bond acceptors (Lipinski definition) is 1. The lowest BCUT2D eigenvalue weighted by molar-refractivity contribution is 0.420. The monoisotopic (exact) mass is 211 g/mol. The molecule has 16 heavy (non-hydrogen) atoms. The molecule has 80 valence electrons. The highest BCUT2D eigenvalue weighted by Gasteiger charge is 2.07. The van der Waals surface area contributed by atoms with Gasteiger partial charge in [-0.2, -0.15) is 0 Å². The molecule has 2 aromatic carbocycles. The molecule has 1 heterocycles. The van der Waals surface area contributed by atoms with Crippen molar-refractivity contribution in [3.05, 3.63) is 42.1 Å². The van der Waals surface area contributed by atoms with Crippen molar-refractivity contribution in [3.63, 3.8) is 0 Å². The molecule has 0 fully saturated rings. The van der Waals surface area contributed by atoms with E-state index in [4.69, 9.17) is 4.74 Å². The molecule has 3 rings (SSSR count). The van der Waals surface area contributed by atoms with Crippen molar-refractivity contribution in [3.8, 4) is 5.75 Å². The first kappa shape index (κ1) is 9.28. The molecular formula is C14H13NO. The second-order valence-electron chi connectivity index (χ2n) is 4.04. The molecule has 0 radical (unpaired) electrons. The fourth-order valence-corrected chi connectivity index (χ4v) is 2.26. The topological polar surface area (TPSA) is 25.0 Å².